The third-order valence-electron chi connectivity index (χ3n) is 5.40. The number of ether oxygens (including phenoxy) is 1. The van der Waals surface area contributed by atoms with Crippen molar-refractivity contribution in [2.24, 2.45) is 11.8 Å². The summed E-state index contributed by atoms with van der Waals surface area (Å²) in [6.07, 6.45) is 6.68. The number of hydrogen-bond donors (Lipinski definition) is 2. The first kappa shape index (κ1) is 18.6. The second kappa shape index (κ2) is 8.04. The van der Waals surface area contributed by atoms with Crippen LogP contribution in [0.25, 0.3) is 5.57 Å². The van der Waals surface area contributed by atoms with Crippen LogP contribution >= 0.6 is 0 Å². The van der Waals surface area contributed by atoms with Gasteiger partial charge in [-0.2, -0.15) is 0 Å². The van der Waals surface area contributed by atoms with Crippen LogP contribution in [0.2, 0.25) is 0 Å². The molecule has 1 aromatic carbocycles. The Bertz CT molecular complexity index is 709. The molecule has 1 unspecified atom stereocenters. The lowest BCUT2D eigenvalue weighted by molar-refractivity contribution is -0.117. The Morgan fingerprint density at radius 3 is 2.81 bits per heavy atom. The van der Waals surface area contributed by atoms with Crippen LogP contribution in [0.5, 0.6) is 0 Å². The highest BCUT2D eigenvalue weighted by Gasteiger charge is 2.43. The van der Waals surface area contributed by atoms with Gasteiger partial charge in [0.2, 0.25) is 5.91 Å². The highest BCUT2D eigenvalue weighted by atomic mass is 16.5. The standard InChI is InChI=1S/C21H29N3O2/c1-14-10-18-11-17(19(12-22)13-23-8-9-26-3)6-7-20(18)24(15(2)25)21(14)16-4-5-16/h6-7,11-14,16,21-23H,4-5,8-10H2,1-3H3/b19-13+,22-12?/t14?,21-/m1/s1. The molecule has 1 saturated carbocycles. The van der Waals surface area contributed by atoms with E-state index in [1.165, 1.54) is 24.6 Å². The van der Waals surface area contributed by atoms with Gasteiger partial charge in [0.25, 0.3) is 0 Å². The lowest BCUT2D eigenvalue weighted by Gasteiger charge is -2.41. The van der Waals surface area contributed by atoms with Crippen LogP contribution in [0.4, 0.5) is 5.69 Å². The molecule has 1 aliphatic heterocycles. The first-order valence-electron chi connectivity index (χ1n) is 9.43. The van der Waals surface area contributed by atoms with Crippen molar-refractivity contribution < 1.29 is 9.53 Å². The Labute approximate surface area is 155 Å². The molecule has 3 rings (SSSR count). The summed E-state index contributed by atoms with van der Waals surface area (Å²) in [7, 11) is 1.67. The lowest BCUT2D eigenvalue weighted by atomic mass is 9.83. The van der Waals surface area contributed by atoms with E-state index >= 15 is 0 Å². The number of nitrogens with one attached hydrogen (secondary N) is 2. The summed E-state index contributed by atoms with van der Waals surface area (Å²) in [5, 5.41) is 10.9. The summed E-state index contributed by atoms with van der Waals surface area (Å²) < 4.78 is 5.03. The number of fused-ring (bicyclic) bond motifs is 1. The van der Waals surface area contributed by atoms with Crippen LogP contribution < -0.4 is 10.2 Å². The summed E-state index contributed by atoms with van der Waals surface area (Å²) in [5.74, 6) is 1.25. The molecule has 2 atom stereocenters. The largest absolute Gasteiger partial charge is 0.388 e. The smallest absolute Gasteiger partial charge is 0.224 e. The number of hydrogen-bond acceptors (Lipinski definition) is 4. The zero-order valence-corrected chi connectivity index (χ0v) is 15.9. The van der Waals surface area contributed by atoms with E-state index in [4.69, 9.17) is 10.1 Å². The Morgan fingerprint density at radius 2 is 2.19 bits per heavy atom. The number of carbonyl (C=O) groups excluding carboxylic acids is 1. The number of methoxy groups -OCH3 is 1. The lowest BCUT2D eigenvalue weighted by Crippen LogP contribution is -2.48. The van der Waals surface area contributed by atoms with E-state index in [0.717, 1.165) is 23.2 Å². The van der Waals surface area contributed by atoms with Gasteiger partial charge >= 0.3 is 0 Å². The van der Waals surface area contributed by atoms with Gasteiger partial charge in [0.05, 0.1) is 6.61 Å². The van der Waals surface area contributed by atoms with Gasteiger partial charge in [0.15, 0.2) is 0 Å². The molecular formula is C21H29N3O2. The van der Waals surface area contributed by atoms with Gasteiger partial charge in [0, 0.05) is 50.3 Å². The maximum absolute atomic E-state index is 12.4. The minimum absolute atomic E-state index is 0.131. The second-order valence-electron chi connectivity index (χ2n) is 7.43. The van der Waals surface area contributed by atoms with Crippen molar-refractivity contribution in [2.45, 2.75) is 39.2 Å². The van der Waals surface area contributed by atoms with E-state index in [-0.39, 0.29) is 5.91 Å². The fraction of sp³-hybridized carbons (Fsp3) is 0.524. The first-order chi connectivity index (χ1) is 12.6. The highest BCUT2D eigenvalue weighted by molar-refractivity contribution is 6.08. The number of benzene rings is 1. The van der Waals surface area contributed by atoms with Crippen LogP contribution in [0.15, 0.2) is 24.4 Å². The highest BCUT2D eigenvalue weighted by Crippen LogP contribution is 2.45. The van der Waals surface area contributed by atoms with E-state index < -0.39 is 0 Å². The molecule has 0 aromatic heterocycles. The molecule has 1 aliphatic carbocycles. The first-order valence-corrected chi connectivity index (χ1v) is 9.43. The van der Waals surface area contributed by atoms with E-state index in [2.05, 4.69) is 24.4 Å². The average Bonchev–Trinajstić information content (AvgIpc) is 3.45. The fourth-order valence-corrected chi connectivity index (χ4v) is 4.09. The van der Waals surface area contributed by atoms with Crippen molar-refractivity contribution in [3.63, 3.8) is 0 Å². The van der Waals surface area contributed by atoms with Crippen molar-refractivity contribution in [3.8, 4) is 0 Å². The molecule has 1 fully saturated rings. The van der Waals surface area contributed by atoms with Gasteiger partial charge in [0.1, 0.15) is 0 Å². The Kier molecular flexibility index (Phi) is 5.77. The monoisotopic (exact) mass is 355 g/mol. The van der Waals surface area contributed by atoms with Crippen LogP contribution in [0.3, 0.4) is 0 Å². The molecule has 2 aliphatic rings. The summed E-state index contributed by atoms with van der Waals surface area (Å²) in [4.78, 5) is 14.4. The van der Waals surface area contributed by atoms with Gasteiger partial charge in [-0.3, -0.25) is 4.79 Å². The van der Waals surface area contributed by atoms with Crippen LogP contribution in [0.1, 0.15) is 37.8 Å². The number of anilines is 1. The van der Waals surface area contributed by atoms with Crippen LogP contribution in [-0.4, -0.2) is 38.4 Å². The molecule has 140 valence electrons. The Morgan fingerprint density at radius 1 is 1.42 bits per heavy atom. The molecule has 0 saturated heterocycles. The summed E-state index contributed by atoms with van der Waals surface area (Å²) in [6.45, 7) is 5.26. The topological polar surface area (TPSA) is 65.4 Å². The number of nitrogens with zero attached hydrogens (tertiary/aromatic N) is 1. The van der Waals surface area contributed by atoms with Crippen LogP contribution in [0, 0.1) is 17.2 Å². The molecule has 26 heavy (non-hydrogen) atoms. The Hall–Kier alpha value is -2.14. The van der Waals surface area contributed by atoms with E-state index in [0.29, 0.717) is 31.0 Å². The predicted octanol–water partition coefficient (Wildman–Crippen LogP) is 3.24. The maximum atomic E-state index is 12.4. The third-order valence-corrected chi connectivity index (χ3v) is 5.40. The van der Waals surface area contributed by atoms with Gasteiger partial charge in [-0.15, -0.1) is 0 Å². The second-order valence-corrected chi connectivity index (χ2v) is 7.43. The number of amides is 1. The van der Waals surface area contributed by atoms with Crippen LogP contribution in [-0.2, 0) is 16.0 Å². The van der Waals surface area contributed by atoms with Crippen molar-refractivity contribution in [3.05, 3.63) is 35.5 Å². The third kappa shape index (κ3) is 3.83. The molecule has 5 heteroatoms. The van der Waals surface area contributed by atoms with Gasteiger partial charge in [-0.1, -0.05) is 13.0 Å². The minimum atomic E-state index is 0.131. The van der Waals surface area contributed by atoms with Gasteiger partial charge in [-0.05, 0) is 54.4 Å². The number of allylic oxidation sites excluding steroid dienone is 1. The molecule has 5 nitrogen and oxygen atoms in total. The molecule has 0 spiro atoms. The molecule has 0 radical (unpaired) electrons. The maximum Gasteiger partial charge on any atom is 0.224 e. The molecule has 1 aromatic rings. The molecule has 1 heterocycles. The number of carbonyl (C=O) groups is 1. The quantitative estimate of drug-likeness (QED) is 0.583. The average molecular weight is 355 g/mol. The zero-order chi connectivity index (χ0) is 18.7. The predicted molar refractivity (Wildman–Crippen MR) is 106 cm³/mol. The summed E-state index contributed by atoms with van der Waals surface area (Å²) in [5.41, 5.74) is 4.08. The minimum Gasteiger partial charge on any atom is -0.388 e. The van der Waals surface area contributed by atoms with Crippen molar-refractivity contribution >= 4 is 23.4 Å². The van der Waals surface area contributed by atoms with Crippen molar-refractivity contribution in [2.75, 3.05) is 25.2 Å². The fourth-order valence-electron chi connectivity index (χ4n) is 4.09. The van der Waals surface area contributed by atoms with Crippen molar-refractivity contribution in [1.82, 2.24) is 5.32 Å². The molecular weight excluding hydrogens is 326 g/mol. The molecule has 1 amide bonds. The summed E-state index contributed by atoms with van der Waals surface area (Å²) >= 11 is 0. The molecule has 2 N–H and O–H groups in total. The van der Waals surface area contributed by atoms with E-state index in [1.807, 2.05) is 17.2 Å². The normalized spacial score (nSPS) is 22.7. The van der Waals surface area contributed by atoms with E-state index in [1.54, 1.807) is 14.0 Å². The molecule has 0 bridgehead atoms. The van der Waals surface area contributed by atoms with Gasteiger partial charge < -0.3 is 20.4 Å². The van der Waals surface area contributed by atoms with Crippen molar-refractivity contribution in [1.29, 1.82) is 5.41 Å². The number of rotatable bonds is 7. The van der Waals surface area contributed by atoms with E-state index in [9.17, 15) is 4.79 Å². The summed E-state index contributed by atoms with van der Waals surface area (Å²) in [6, 6.07) is 6.54. The SMILES string of the molecule is COCCN/C=C(\C=N)c1ccc2c(c1)CC(C)[C@H](C1CC1)N2C(C)=O. The zero-order valence-electron chi connectivity index (χ0n) is 15.9. The Balaban J connectivity index is 1.89. The van der Waals surface area contributed by atoms with Gasteiger partial charge in [-0.25, -0.2) is 0 Å².